The summed E-state index contributed by atoms with van der Waals surface area (Å²) in [5, 5.41) is 11.0. The highest BCUT2D eigenvalue weighted by atomic mass is 16.1. The Balaban J connectivity index is 2.84. The predicted octanol–water partition coefficient (Wildman–Crippen LogP) is 1.45. The summed E-state index contributed by atoms with van der Waals surface area (Å²) in [7, 11) is 0. The number of hydrogen-bond acceptors (Lipinski definition) is 4. The molecule has 0 saturated carbocycles. The molecule has 1 atom stereocenters. The Kier molecular flexibility index (Phi) is 5.89. The normalized spacial score (nSPS) is 12.5. The van der Waals surface area contributed by atoms with E-state index in [1.165, 1.54) is 0 Å². The Bertz CT molecular complexity index is 431. The number of carbonyl (C=O) groups is 1. The summed E-state index contributed by atoms with van der Waals surface area (Å²) in [6, 6.07) is 1.79. The first-order chi connectivity index (χ1) is 8.97. The molecule has 0 fully saturated rings. The van der Waals surface area contributed by atoms with Crippen LogP contribution in [-0.4, -0.2) is 28.7 Å². The van der Waals surface area contributed by atoms with E-state index in [0.29, 0.717) is 24.4 Å². The van der Waals surface area contributed by atoms with Crippen molar-refractivity contribution >= 4 is 5.91 Å². The average molecular weight is 264 g/mol. The van der Waals surface area contributed by atoms with E-state index >= 15 is 0 Å². The number of rotatable bonds is 6. The second-order valence-corrected chi connectivity index (χ2v) is 5.24. The summed E-state index contributed by atoms with van der Waals surface area (Å²) >= 11 is 0. The Morgan fingerprint density at radius 3 is 2.63 bits per heavy atom. The average Bonchev–Trinajstić information content (AvgIpc) is 2.37. The minimum Gasteiger partial charge on any atom is -0.348 e. The second-order valence-electron chi connectivity index (χ2n) is 5.24. The highest BCUT2D eigenvalue weighted by Gasteiger charge is 2.17. The van der Waals surface area contributed by atoms with Crippen molar-refractivity contribution in [1.82, 2.24) is 15.5 Å². The Labute approximate surface area is 115 Å². The lowest BCUT2D eigenvalue weighted by Gasteiger charge is -2.19. The van der Waals surface area contributed by atoms with Gasteiger partial charge in [0, 0.05) is 12.6 Å². The second kappa shape index (κ2) is 7.19. The van der Waals surface area contributed by atoms with Crippen LogP contribution in [-0.2, 0) is 6.42 Å². The van der Waals surface area contributed by atoms with Crippen molar-refractivity contribution in [2.75, 3.05) is 6.54 Å². The van der Waals surface area contributed by atoms with Crippen LogP contribution < -0.4 is 11.1 Å². The van der Waals surface area contributed by atoms with Crippen molar-refractivity contribution in [1.29, 1.82) is 0 Å². The zero-order chi connectivity index (χ0) is 14.4. The number of nitrogens with one attached hydrogen (secondary N) is 1. The molecule has 1 heterocycles. The van der Waals surface area contributed by atoms with Crippen molar-refractivity contribution < 1.29 is 4.79 Å². The van der Waals surface area contributed by atoms with Gasteiger partial charge in [-0.15, -0.1) is 0 Å². The summed E-state index contributed by atoms with van der Waals surface area (Å²) in [6.07, 6.45) is 1.56. The molecular formula is C14H24N4O. The third-order valence-electron chi connectivity index (χ3n) is 2.95. The van der Waals surface area contributed by atoms with E-state index in [9.17, 15) is 4.79 Å². The summed E-state index contributed by atoms with van der Waals surface area (Å²) in [6.45, 7) is 8.47. The fourth-order valence-corrected chi connectivity index (χ4v) is 2.02. The lowest BCUT2D eigenvalue weighted by Crippen LogP contribution is -2.41. The van der Waals surface area contributed by atoms with Crippen molar-refractivity contribution in [3.05, 3.63) is 23.0 Å². The molecule has 0 aliphatic carbocycles. The van der Waals surface area contributed by atoms with Crippen molar-refractivity contribution in [3.8, 4) is 0 Å². The molecule has 1 unspecified atom stereocenters. The van der Waals surface area contributed by atoms with Gasteiger partial charge in [0.05, 0.1) is 17.0 Å². The van der Waals surface area contributed by atoms with Gasteiger partial charge in [0.15, 0.2) is 0 Å². The van der Waals surface area contributed by atoms with E-state index in [-0.39, 0.29) is 11.9 Å². The van der Waals surface area contributed by atoms with Gasteiger partial charge in [0.1, 0.15) is 0 Å². The number of hydrogen-bond donors (Lipinski definition) is 2. The molecule has 5 nitrogen and oxygen atoms in total. The molecule has 1 aromatic rings. The van der Waals surface area contributed by atoms with Crippen LogP contribution in [0.3, 0.4) is 0 Å². The van der Waals surface area contributed by atoms with Crippen LogP contribution in [0.4, 0.5) is 0 Å². The van der Waals surface area contributed by atoms with Crippen LogP contribution in [0.25, 0.3) is 0 Å². The topological polar surface area (TPSA) is 80.9 Å². The molecule has 0 bridgehead atoms. The monoisotopic (exact) mass is 264 g/mol. The Morgan fingerprint density at radius 2 is 2.11 bits per heavy atom. The molecule has 19 heavy (non-hydrogen) atoms. The van der Waals surface area contributed by atoms with Gasteiger partial charge < -0.3 is 11.1 Å². The van der Waals surface area contributed by atoms with Gasteiger partial charge in [-0.05, 0) is 31.7 Å². The minimum atomic E-state index is -0.106. The van der Waals surface area contributed by atoms with Gasteiger partial charge in [-0.25, -0.2) is 0 Å². The maximum absolute atomic E-state index is 12.3. The summed E-state index contributed by atoms with van der Waals surface area (Å²) in [4.78, 5) is 12.3. The fraction of sp³-hybridized carbons (Fsp3) is 0.643. The van der Waals surface area contributed by atoms with Crippen LogP contribution in [0.15, 0.2) is 6.07 Å². The first-order valence-electron chi connectivity index (χ1n) is 6.82. The third-order valence-corrected chi connectivity index (χ3v) is 2.95. The minimum absolute atomic E-state index is 0.00526. The molecule has 1 aromatic heterocycles. The van der Waals surface area contributed by atoms with Crippen LogP contribution in [0, 0.1) is 12.8 Å². The molecule has 0 aliphatic heterocycles. The van der Waals surface area contributed by atoms with Crippen LogP contribution in [0.5, 0.6) is 0 Å². The quantitative estimate of drug-likeness (QED) is 0.815. The molecule has 1 amide bonds. The lowest BCUT2D eigenvalue weighted by atomic mass is 10.0. The fourth-order valence-electron chi connectivity index (χ4n) is 2.02. The largest absolute Gasteiger partial charge is 0.348 e. The van der Waals surface area contributed by atoms with E-state index < -0.39 is 0 Å². The first kappa shape index (κ1) is 15.6. The van der Waals surface area contributed by atoms with Crippen molar-refractivity contribution in [3.63, 3.8) is 0 Å². The van der Waals surface area contributed by atoms with E-state index in [4.69, 9.17) is 5.73 Å². The molecule has 0 radical (unpaired) electrons. The number of nitrogens with zero attached hydrogens (tertiary/aromatic N) is 2. The van der Waals surface area contributed by atoms with E-state index in [0.717, 1.165) is 17.8 Å². The highest BCUT2D eigenvalue weighted by molar-refractivity contribution is 5.95. The number of aromatic nitrogens is 2. The Morgan fingerprint density at radius 1 is 1.42 bits per heavy atom. The van der Waals surface area contributed by atoms with E-state index in [1.54, 1.807) is 6.07 Å². The maximum Gasteiger partial charge on any atom is 0.253 e. The predicted molar refractivity (Wildman–Crippen MR) is 75.9 cm³/mol. The molecule has 0 spiro atoms. The molecular weight excluding hydrogens is 240 g/mol. The molecule has 0 saturated heterocycles. The number of aryl methyl sites for hydroxylation is 2. The molecule has 3 N–H and O–H groups in total. The van der Waals surface area contributed by atoms with Gasteiger partial charge >= 0.3 is 0 Å². The summed E-state index contributed by atoms with van der Waals surface area (Å²) in [5.41, 5.74) is 7.78. The molecule has 0 aliphatic rings. The SMILES string of the molecule is CCc1nnc(C)cc1C(=O)NC(CN)CC(C)C. The Hall–Kier alpha value is -1.49. The third kappa shape index (κ3) is 4.59. The zero-order valence-electron chi connectivity index (χ0n) is 12.2. The standard InChI is InChI=1S/C14H24N4O/c1-5-13-12(7-10(4)17-18-13)14(19)16-11(8-15)6-9(2)3/h7,9,11H,5-6,8,15H2,1-4H3,(H,16,19). The first-order valence-corrected chi connectivity index (χ1v) is 6.82. The van der Waals surface area contributed by atoms with Gasteiger partial charge in [-0.1, -0.05) is 20.8 Å². The number of nitrogens with two attached hydrogens (primary N) is 1. The van der Waals surface area contributed by atoms with Gasteiger partial charge in [-0.2, -0.15) is 10.2 Å². The highest BCUT2D eigenvalue weighted by Crippen LogP contribution is 2.09. The van der Waals surface area contributed by atoms with Gasteiger partial charge in [0.25, 0.3) is 5.91 Å². The molecule has 5 heteroatoms. The van der Waals surface area contributed by atoms with E-state index in [1.807, 2.05) is 13.8 Å². The molecule has 1 rings (SSSR count). The summed E-state index contributed by atoms with van der Waals surface area (Å²) in [5.74, 6) is 0.391. The smallest absolute Gasteiger partial charge is 0.253 e. The summed E-state index contributed by atoms with van der Waals surface area (Å²) < 4.78 is 0. The van der Waals surface area contributed by atoms with Crippen molar-refractivity contribution in [2.45, 2.75) is 46.6 Å². The molecule has 0 aromatic carbocycles. The maximum atomic E-state index is 12.3. The lowest BCUT2D eigenvalue weighted by molar-refractivity contribution is 0.0932. The number of amides is 1. The van der Waals surface area contributed by atoms with Gasteiger partial charge in [0.2, 0.25) is 0 Å². The van der Waals surface area contributed by atoms with Crippen molar-refractivity contribution in [2.24, 2.45) is 11.7 Å². The van der Waals surface area contributed by atoms with Crippen LogP contribution in [0.1, 0.15) is 48.9 Å². The van der Waals surface area contributed by atoms with Crippen LogP contribution in [0.2, 0.25) is 0 Å². The zero-order valence-corrected chi connectivity index (χ0v) is 12.2. The van der Waals surface area contributed by atoms with Gasteiger partial charge in [-0.3, -0.25) is 4.79 Å². The van der Waals surface area contributed by atoms with E-state index in [2.05, 4.69) is 29.4 Å². The number of carbonyl (C=O) groups excluding carboxylic acids is 1. The molecule has 106 valence electrons. The van der Waals surface area contributed by atoms with Crippen LogP contribution >= 0.6 is 0 Å².